The molecule has 2 aromatic heterocycles. The molecule has 0 aliphatic heterocycles. The highest BCUT2D eigenvalue weighted by molar-refractivity contribution is 7.13. The Morgan fingerprint density at radius 1 is 1.14 bits per heavy atom. The van der Waals surface area contributed by atoms with Crippen LogP contribution in [-0.4, -0.2) is 15.6 Å². The molecule has 0 fully saturated rings. The number of thiophene rings is 1. The monoisotopic (exact) mass is 331 g/mol. The fourth-order valence-corrected chi connectivity index (χ4v) is 3.29. The second kappa shape index (κ2) is 6.38. The lowest BCUT2D eigenvalue weighted by Gasteiger charge is -2.13. The second-order valence-electron chi connectivity index (χ2n) is 4.89. The van der Waals surface area contributed by atoms with Crippen LogP contribution >= 0.6 is 22.9 Å². The summed E-state index contributed by atoms with van der Waals surface area (Å²) >= 11 is 7.63. The van der Waals surface area contributed by atoms with E-state index in [0.29, 0.717) is 11.4 Å². The van der Waals surface area contributed by atoms with Crippen molar-refractivity contribution in [2.75, 3.05) is 0 Å². The third-order valence-electron chi connectivity index (χ3n) is 3.42. The van der Waals surface area contributed by atoms with Gasteiger partial charge in [-0.25, -0.2) is 0 Å². The van der Waals surface area contributed by atoms with Crippen molar-refractivity contribution in [3.05, 3.63) is 64.6 Å². The van der Waals surface area contributed by atoms with Crippen LogP contribution in [0, 0.1) is 0 Å². The van der Waals surface area contributed by atoms with E-state index in [1.54, 1.807) is 11.3 Å². The van der Waals surface area contributed by atoms with Crippen LogP contribution in [0.25, 0.3) is 16.3 Å². The highest BCUT2D eigenvalue weighted by Crippen LogP contribution is 2.31. The van der Waals surface area contributed by atoms with Gasteiger partial charge in [-0.1, -0.05) is 17.7 Å². The molecule has 0 spiro atoms. The van der Waals surface area contributed by atoms with E-state index in [-0.39, 0.29) is 6.42 Å². The number of hydrogen-bond donors (Lipinski definition) is 1. The summed E-state index contributed by atoms with van der Waals surface area (Å²) in [6.45, 7) is 0. The number of hydrogen-bond acceptors (Lipinski definition) is 2. The van der Waals surface area contributed by atoms with Crippen LogP contribution in [-0.2, 0) is 11.2 Å². The van der Waals surface area contributed by atoms with Crippen LogP contribution in [0.1, 0.15) is 12.1 Å². The zero-order valence-corrected chi connectivity index (χ0v) is 13.3. The van der Waals surface area contributed by atoms with Gasteiger partial charge in [-0.3, -0.25) is 4.79 Å². The maximum absolute atomic E-state index is 10.9. The number of nitrogens with zero attached hydrogens (tertiary/aromatic N) is 1. The summed E-state index contributed by atoms with van der Waals surface area (Å²) < 4.78 is 2.10. The van der Waals surface area contributed by atoms with Gasteiger partial charge >= 0.3 is 5.97 Å². The van der Waals surface area contributed by atoms with Gasteiger partial charge < -0.3 is 9.67 Å². The summed E-state index contributed by atoms with van der Waals surface area (Å²) in [6, 6.07) is 15.7. The number of aryl methyl sites for hydroxylation is 1. The van der Waals surface area contributed by atoms with Gasteiger partial charge in [0, 0.05) is 16.4 Å². The first kappa shape index (κ1) is 14.9. The number of benzene rings is 1. The van der Waals surface area contributed by atoms with E-state index in [0.717, 1.165) is 22.0 Å². The van der Waals surface area contributed by atoms with E-state index < -0.39 is 5.97 Å². The van der Waals surface area contributed by atoms with Crippen molar-refractivity contribution in [3.63, 3.8) is 0 Å². The zero-order chi connectivity index (χ0) is 15.5. The highest BCUT2D eigenvalue weighted by atomic mass is 35.5. The third-order valence-corrected chi connectivity index (χ3v) is 4.56. The molecule has 0 atom stereocenters. The van der Waals surface area contributed by atoms with Crippen molar-refractivity contribution in [2.24, 2.45) is 0 Å². The largest absolute Gasteiger partial charge is 0.481 e. The van der Waals surface area contributed by atoms with Crippen molar-refractivity contribution in [1.29, 1.82) is 0 Å². The molecule has 2 heterocycles. The number of carboxylic acids is 1. The minimum atomic E-state index is -0.790. The molecule has 0 aliphatic rings. The van der Waals surface area contributed by atoms with Crippen LogP contribution in [0.4, 0.5) is 0 Å². The Morgan fingerprint density at radius 3 is 2.55 bits per heavy atom. The van der Waals surface area contributed by atoms with Gasteiger partial charge in [0.2, 0.25) is 0 Å². The topological polar surface area (TPSA) is 42.2 Å². The minimum Gasteiger partial charge on any atom is -0.481 e. The lowest BCUT2D eigenvalue weighted by atomic mass is 10.2. The Morgan fingerprint density at radius 2 is 1.91 bits per heavy atom. The smallest absolute Gasteiger partial charge is 0.303 e. The highest BCUT2D eigenvalue weighted by Gasteiger charge is 2.13. The summed E-state index contributed by atoms with van der Waals surface area (Å²) in [4.78, 5) is 12.0. The first-order valence-electron chi connectivity index (χ1n) is 6.87. The summed E-state index contributed by atoms with van der Waals surface area (Å²) in [5.74, 6) is -0.790. The molecule has 3 rings (SSSR count). The lowest BCUT2D eigenvalue weighted by molar-refractivity contribution is -0.136. The summed E-state index contributed by atoms with van der Waals surface area (Å²) in [5.41, 5.74) is 3.03. The van der Waals surface area contributed by atoms with Crippen LogP contribution in [0.15, 0.2) is 53.9 Å². The molecule has 1 N–H and O–H groups in total. The number of halogens is 1. The Balaban J connectivity index is 2.08. The van der Waals surface area contributed by atoms with Crippen molar-refractivity contribution in [1.82, 2.24) is 4.57 Å². The Bertz CT molecular complexity index is 776. The summed E-state index contributed by atoms with van der Waals surface area (Å²) in [6.07, 6.45) is 0.602. The van der Waals surface area contributed by atoms with Crippen LogP contribution in [0.5, 0.6) is 0 Å². The van der Waals surface area contributed by atoms with Gasteiger partial charge in [0.25, 0.3) is 0 Å². The van der Waals surface area contributed by atoms with Crippen molar-refractivity contribution < 1.29 is 9.90 Å². The molecule has 1 aromatic carbocycles. The molecule has 3 nitrogen and oxygen atoms in total. The molecule has 22 heavy (non-hydrogen) atoms. The van der Waals surface area contributed by atoms with Crippen LogP contribution < -0.4 is 0 Å². The van der Waals surface area contributed by atoms with Gasteiger partial charge in [0.1, 0.15) is 0 Å². The Labute approximate surface area is 137 Å². The number of rotatable bonds is 5. The first-order valence-corrected chi connectivity index (χ1v) is 8.13. The normalized spacial score (nSPS) is 10.8. The second-order valence-corrected chi connectivity index (χ2v) is 6.28. The summed E-state index contributed by atoms with van der Waals surface area (Å²) in [5, 5.41) is 11.7. The number of aliphatic carboxylic acids is 1. The molecule has 112 valence electrons. The Kier molecular flexibility index (Phi) is 4.32. The molecule has 0 aliphatic carbocycles. The molecular formula is C17H14ClNO2S. The van der Waals surface area contributed by atoms with Crippen LogP contribution in [0.3, 0.4) is 0 Å². The standard InChI is InChI=1S/C17H14ClNO2S/c18-12-3-5-13(6-4-12)19-14(8-10-17(20)21)7-9-15(19)16-2-1-11-22-16/h1-7,9,11H,8,10H2,(H,20,21). The molecule has 0 saturated heterocycles. The molecule has 3 aromatic rings. The van der Waals surface area contributed by atoms with Gasteiger partial charge in [-0.15, -0.1) is 11.3 Å². The number of carbonyl (C=O) groups is 1. The van der Waals surface area contributed by atoms with E-state index >= 15 is 0 Å². The SMILES string of the molecule is O=C(O)CCc1ccc(-c2cccs2)n1-c1ccc(Cl)cc1. The number of carboxylic acid groups (broad SMARTS) is 1. The predicted molar refractivity (Wildman–Crippen MR) is 90.0 cm³/mol. The predicted octanol–water partition coefficient (Wildman–Crippen LogP) is 4.88. The van der Waals surface area contributed by atoms with Crippen molar-refractivity contribution in [3.8, 4) is 16.3 Å². The third kappa shape index (κ3) is 3.08. The fraction of sp³-hybridized carbons (Fsp3) is 0.118. The van der Waals surface area contributed by atoms with Gasteiger partial charge in [0.15, 0.2) is 0 Å². The quantitative estimate of drug-likeness (QED) is 0.724. The molecule has 0 unspecified atom stereocenters. The van der Waals surface area contributed by atoms with Crippen LogP contribution in [0.2, 0.25) is 5.02 Å². The molecule has 0 radical (unpaired) electrons. The Hall–Kier alpha value is -2.04. The summed E-state index contributed by atoms with van der Waals surface area (Å²) in [7, 11) is 0. The van der Waals surface area contributed by atoms with Crippen molar-refractivity contribution >= 4 is 28.9 Å². The zero-order valence-electron chi connectivity index (χ0n) is 11.7. The molecule has 0 saturated carbocycles. The fourth-order valence-electron chi connectivity index (χ4n) is 2.42. The minimum absolute atomic E-state index is 0.113. The van der Waals surface area contributed by atoms with E-state index in [2.05, 4.69) is 10.6 Å². The van der Waals surface area contributed by atoms with Gasteiger partial charge in [0.05, 0.1) is 17.0 Å². The molecular weight excluding hydrogens is 318 g/mol. The number of aromatic nitrogens is 1. The maximum Gasteiger partial charge on any atom is 0.303 e. The van der Waals surface area contributed by atoms with E-state index in [1.165, 1.54) is 0 Å². The van der Waals surface area contributed by atoms with E-state index in [9.17, 15) is 4.79 Å². The first-order chi connectivity index (χ1) is 10.6. The lowest BCUT2D eigenvalue weighted by Crippen LogP contribution is -2.05. The molecule has 5 heteroatoms. The maximum atomic E-state index is 10.9. The molecule has 0 amide bonds. The van der Waals surface area contributed by atoms with E-state index in [1.807, 2.05) is 47.8 Å². The average Bonchev–Trinajstić information content (AvgIpc) is 3.15. The van der Waals surface area contributed by atoms with Gasteiger partial charge in [-0.05, 0) is 54.3 Å². The van der Waals surface area contributed by atoms with Crippen molar-refractivity contribution in [2.45, 2.75) is 12.8 Å². The molecule has 0 bridgehead atoms. The average molecular weight is 332 g/mol. The van der Waals surface area contributed by atoms with E-state index in [4.69, 9.17) is 16.7 Å². The van der Waals surface area contributed by atoms with Gasteiger partial charge in [-0.2, -0.15) is 0 Å².